The molecule has 0 radical (unpaired) electrons. The third kappa shape index (κ3) is 6.96. The number of carbonyl (C=O) groups excluding carboxylic acids is 1. The summed E-state index contributed by atoms with van der Waals surface area (Å²) in [4.78, 5) is 21.5. The average Bonchev–Trinajstić information content (AvgIpc) is 3.51. The van der Waals surface area contributed by atoms with Crippen molar-refractivity contribution in [3.63, 3.8) is 0 Å². The molecule has 0 saturated heterocycles. The zero-order valence-electron chi connectivity index (χ0n) is 23.3. The molecule has 0 aliphatic rings. The largest absolute Gasteiger partial charge is 0.450 e. The lowest BCUT2D eigenvalue weighted by Crippen LogP contribution is -2.24. The number of aliphatic imine (C=N–C) groups is 1. The number of nitrogens with two attached hydrogens (primary N) is 1. The Morgan fingerprint density at radius 3 is 2.64 bits per heavy atom. The van der Waals surface area contributed by atoms with E-state index in [4.69, 9.17) is 15.5 Å². The number of amides is 1. The molecule has 0 unspecified atom stereocenters. The predicted octanol–water partition coefficient (Wildman–Crippen LogP) is 6.50. The summed E-state index contributed by atoms with van der Waals surface area (Å²) in [5.41, 5.74) is 12.2. The third-order valence-corrected chi connectivity index (χ3v) is 6.66. The number of benzene rings is 2. The molecule has 0 aliphatic carbocycles. The number of ether oxygens (including phenoxy) is 1. The average molecular weight is 527 g/mol. The van der Waals surface area contributed by atoms with Crippen molar-refractivity contribution < 1.29 is 9.53 Å². The van der Waals surface area contributed by atoms with Gasteiger partial charge in [-0.15, -0.1) is 0 Å². The van der Waals surface area contributed by atoms with Crippen LogP contribution in [-0.4, -0.2) is 32.5 Å². The van der Waals surface area contributed by atoms with Crippen LogP contribution in [0.2, 0.25) is 0 Å². The second-order valence-corrected chi connectivity index (χ2v) is 10.1. The number of hydrogen-bond donors (Lipinski definition) is 2. The minimum atomic E-state index is -0.419. The number of aryl methyl sites for hydroxylation is 2. The number of nitrogens with zero attached hydrogens (tertiary/aromatic N) is 4. The van der Waals surface area contributed by atoms with Gasteiger partial charge in [-0.1, -0.05) is 48.5 Å². The second kappa shape index (κ2) is 12.5. The van der Waals surface area contributed by atoms with Crippen LogP contribution < -0.4 is 11.1 Å². The van der Waals surface area contributed by atoms with Crippen molar-refractivity contribution in [1.82, 2.24) is 19.4 Å². The molecular weight excluding hydrogens is 488 g/mol. The lowest BCUT2D eigenvalue weighted by Gasteiger charge is -2.11. The SMILES string of the molecule is C=C(N)c1ncn(CCCCOC(=O)NCc2ccc3ccn(C(C)C)c3c2)c1N=C(C)c1ccc(C)cc1. The van der Waals surface area contributed by atoms with Gasteiger partial charge in [0.15, 0.2) is 5.82 Å². The second-order valence-electron chi connectivity index (χ2n) is 10.1. The fraction of sp³-hybridized carbons (Fsp3) is 0.323. The van der Waals surface area contributed by atoms with Gasteiger partial charge in [0.25, 0.3) is 0 Å². The maximum atomic E-state index is 12.3. The lowest BCUT2D eigenvalue weighted by molar-refractivity contribution is 0.143. The molecule has 2 aromatic carbocycles. The molecule has 2 aromatic heterocycles. The monoisotopic (exact) mass is 526 g/mol. The van der Waals surface area contributed by atoms with Gasteiger partial charge < -0.3 is 24.9 Å². The van der Waals surface area contributed by atoms with Gasteiger partial charge in [0.05, 0.1) is 18.6 Å². The van der Waals surface area contributed by atoms with E-state index in [9.17, 15) is 4.79 Å². The fourth-order valence-corrected chi connectivity index (χ4v) is 4.43. The van der Waals surface area contributed by atoms with Crippen LogP contribution in [0.25, 0.3) is 16.6 Å². The molecule has 4 rings (SSSR count). The molecule has 0 atom stereocenters. The van der Waals surface area contributed by atoms with Crippen LogP contribution in [0.1, 0.15) is 62.0 Å². The van der Waals surface area contributed by atoms with Gasteiger partial charge in [-0.25, -0.2) is 14.8 Å². The first-order chi connectivity index (χ1) is 18.7. The van der Waals surface area contributed by atoms with E-state index in [1.54, 1.807) is 6.33 Å². The first-order valence-corrected chi connectivity index (χ1v) is 13.3. The number of rotatable bonds is 11. The number of nitrogens with one attached hydrogen (secondary N) is 1. The molecule has 39 heavy (non-hydrogen) atoms. The number of imidazole rings is 1. The van der Waals surface area contributed by atoms with Crippen LogP contribution in [0.3, 0.4) is 0 Å². The van der Waals surface area contributed by atoms with Crippen LogP contribution in [0.15, 0.2) is 72.6 Å². The Morgan fingerprint density at radius 2 is 1.92 bits per heavy atom. The fourth-order valence-electron chi connectivity index (χ4n) is 4.43. The standard InChI is InChI=1S/C31H38N6O2/c1-21(2)37-16-14-27-13-10-25(18-28(27)37)19-33-31(38)39-17-7-6-15-36-20-34-29(23(4)32)30(36)35-24(5)26-11-8-22(3)9-12-26/h8-14,16,18,20-21H,4,6-7,15,17,19,32H2,1-3,5H3,(H,33,38). The van der Waals surface area contributed by atoms with Crippen LogP contribution in [0.5, 0.6) is 0 Å². The lowest BCUT2D eigenvalue weighted by atomic mass is 10.1. The predicted molar refractivity (Wildman–Crippen MR) is 158 cm³/mol. The maximum Gasteiger partial charge on any atom is 0.407 e. The summed E-state index contributed by atoms with van der Waals surface area (Å²) in [7, 11) is 0. The summed E-state index contributed by atoms with van der Waals surface area (Å²) < 4.78 is 9.59. The van der Waals surface area contributed by atoms with E-state index < -0.39 is 6.09 Å². The minimum absolute atomic E-state index is 0.327. The molecule has 0 bridgehead atoms. The van der Waals surface area contributed by atoms with Crippen molar-refractivity contribution >= 4 is 34.2 Å². The van der Waals surface area contributed by atoms with E-state index in [0.717, 1.165) is 28.8 Å². The molecule has 1 amide bonds. The van der Waals surface area contributed by atoms with E-state index in [2.05, 4.69) is 90.9 Å². The molecule has 2 heterocycles. The quantitative estimate of drug-likeness (QED) is 0.172. The van der Waals surface area contributed by atoms with Gasteiger partial charge in [0, 0.05) is 36.6 Å². The smallest absolute Gasteiger partial charge is 0.407 e. The molecule has 8 nitrogen and oxygen atoms in total. The van der Waals surface area contributed by atoms with Crippen molar-refractivity contribution in [2.75, 3.05) is 6.61 Å². The van der Waals surface area contributed by atoms with Crippen molar-refractivity contribution in [1.29, 1.82) is 0 Å². The van der Waals surface area contributed by atoms with E-state index in [1.807, 2.05) is 17.6 Å². The summed E-state index contributed by atoms with van der Waals surface area (Å²) in [6.45, 7) is 13.6. The van der Waals surface area contributed by atoms with Gasteiger partial charge in [0.2, 0.25) is 0 Å². The molecule has 4 aromatic rings. The number of fused-ring (bicyclic) bond motifs is 1. The Hall–Kier alpha value is -4.33. The number of carbonyl (C=O) groups is 1. The van der Waals surface area contributed by atoms with Gasteiger partial charge in [-0.2, -0.15) is 0 Å². The van der Waals surface area contributed by atoms with Crippen LogP contribution in [-0.2, 0) is 17.8 Å². The normalized spacial score (nSPS) is 11.8. The van der Waals surface area contributed by atoms with Gasteiger partial charge in [-0.05, 0) is 69.2 Å². The molecule has 8 heteroatoms. The first kappa shape index (κ1) is 27.7. The number of hydrogen-bond acceptors (Lipinski definition) is 5. The van der Waals surface area contributed by atoms with Gasteiger partial charge >= 0.3 is 6.09 Å². The summed E-state index contributed by atoms with van der Waals surface area (Å²) in [6, 6.07) is 16.9. The Morgan fingerprint density at radius 1 is 1.15 bits per heavy atom. The van der Waals surface area contributed by atoms with Crippen molar-refractivity contribution in [2.24, 2.45) is 10.7 Å². The highest BCUT2D eigenvalue weighted by molar-refractivity contribution is 6.00. The van der Waals surface area contributed by atoms with E-state index in [0.29, 0.717) is 49.4 Å². The Balaban J connectivity index is 1.27. The maximum absolute atomic E-state index is 12.3. The minimum Gasteiger partial charge on any atom is -0.450 e. The summed E-state index contributed by atoms with van der Waals surface area (Å²) in [5.74, 6) is 0.680. The van der Waals surface area contributed by atoms with Gasteiger partial charge in [-0.3, -0.25) is 0 Å². The highest BCUT2D eigenvalue weighted by Crippen LogP contribution is 2.24. The van der Waals surface area contributed by atoms with Crippen LogP contribution >= 0.6 is 0 Å². The number of alkyl carbamates (subject to hydrolysis) is 1. The zero-order chi connectivity index (χ0) is 27.9. The van der Waals surface area contributed by atoms with Crippen molar-refractivity contribution in [2.45, 2.75) is 59.7 Å². The van der Waals surface area contributed by atoms with E-state index in [-0.39, 0.29) is 0 Å². The van der Waals surface area contributed by atoms with Crippen LogP contribution in [0.4, 0.5) is 10.6 Å². The van der Waals surface area contributed by atoms with Crippen LogP contribution in [0, 0.1) is 6.92 Å². The highest BCUT2D eigenvalue weighted by Gasteiger charge is 2.13. The molecule has 0 fully saturated rings. The van der Waals surface area contributed by atoms with Crippen molar-refractivity contribution in [3.8, 4) is 0 Å². The third-order valence-electron chi connectivity index (χ3n) is 6.66. The van der Waals surface area contributed by atoms with Crippen molar-refractivity contribution in [3.05, 3.63) is 90.0 Å². The molecular formula is C31H38N6O2. The number of unbranched alkanes of at least 4 members (excludes halogenated alkanes) is 1. The highest BCUT2D eigenvalue weighted by atomic mass is 16.5. The Bertz CT molecular complexity index is 1480. The Labute approximate surface area is 230 Å². The molecule has 3 N–H and O–H groups in total. The first-order valence-electron chi connectivity index (χ1n) is 13.3. The van der Waals surface area contributed by atoms with E-state index >= 15 is 0 Å². The topological polar surface area (TPSA) is 99.5 Å². The molecule has 0 saturated carbocycles. The number of aromatic nitrogens is 3. The Kier molecular flexibility index (Phi) is 8.86. The summed E-state index contributed by atoms with van der Waals surface area (Å²) in [5, 5.41) is 4.04. The molecule has 204 valence electrons. The zero-order valence-corrected chi connectivity index (χ0v) is 23.3. The van der Waals surface area contributed by atoms with E-state index in [1.165, 1.54) is 10.9 Å². The summed E-state index contributed by atoms with van der Waals surface area (Å²) >= 11 is 0. The molecule has 0 aliphatic heterocycles. The van der Waals surface area contributed by atoms with Gasteiger partial charge in [0.1, 0.15) is 5.69 Å². The molecule has 0 spiro atoms. The summed E-state index contributed by atoms with van der Waals surface area (Å²) in [6.07, 6.45) is 4.90.